The Hall–Kier alpha value is -0.160. The van der Waals surface area contributed by atoms with E-state index >= 15 is 0 Å². The first-order valence-electron chi connectivity index (χ1n) is 7.02. The molecule has 1 aliphatic carbocycles. The van der Waals surface area contributed by atoms with Crippen LogP contribution in [0.25, 0.3) is 0 Å². The molecule has 0 aromatic heterocycles. The van der Waals surface area contributed by atoms with E-state index in [9.17, 15) is 5.11 Å². The van der Waals surface area contributed by atoms with Gasteiger partial charge in [-0.1, -0.05) is 6.92 Å². The van der Waals surface area contributed by atoms with Crippen molar-refractivity contribution in [2.75, 3.05) is 39.8 Å². The third kappa shape index (κ3) is 3.91. The van der Waals surface area contributed by atoms with Crippen molar-refractivity contribution in [3.8, 4) is 0 Å². The van der Waals surface area contributed by atoms with Crippen LogP contribution in [-0.4, -0.2) is 72.9 Å². The molecule has 1 aliphatic heterocycles. The van der Waals surface area contributed by atoms with Crippen LogP contribution in [0.15, 0.2) is 0 Å². The quantitative estimate of drug-likeness (QED) is 0.693. The van der Waals surface area contributed by atoms with E-state index in [1.807, 2.05) is 0 Å². The van der Waals surface area contributed by atoms with Gasteiger partial charge in [0.15, 0.2) is 0 Å². The predicted molar refractivity (Wildman–Crippen MR) is 70.2 cm³/mol. The normalized spacial score (nSPS) is 29.5. The van der Waals surface area contributed by atoms with E-state index in [0.29, 0.717) is 12.1 Å². The summed E-state index contributed by atoms with van der Waals surface area (Å²) in [4.78, 5) is 4.96. The summed E-state index contributed by atoms with van der Waals surface area (Å²) < 4.78 is 0. The molecule has 0 radical (unpaired) electrons. The van der Waals surface area contributed by atoms with Gasteiger partial charge in [-0.05, 0) is 26.3 Å². The number of nitrogens with one attached hydrogen (secondary N) is 1. The highest BCUT2D eigenvalue weighted by Crippen LogP contribution is 2.20. The van der Waals surface area contributed by atoms with Gasteiger partial charge in [-0.3, -0.25) is 4.90 Å². The average Bonchev–Trinajstić information content (AvgIpc) is 3.14. The van der Waals surface area contributed by atoms with E-state index < -0.39 is 0 Å². The molecule has 2 rings (SSSR count). The SMILES string of the molecule is CCC1CN(CC(CO)NC2CC2)CCN1C. The Balaban J connectivity index is 1.76. The van der Waals surface area contributed by atoms with Gasteiger partial charge in [0, 0.05) is 44.3 Å². The average molecular weight is 241 g/mol. The Kier molecular flexibility index (Phi) is 4.79. The lowest BCUT2D eigenvalue weighted by atomic mass is 10.1. The molecule has 4 nitrogen and oxygen atoms in total. The highest BCUT2D eigenvalue weighted by molar-refractivity contribution is 4.87. The van der Waals surface area contributed by atoms with Crippen LogP contribution in [0.1, 0.15) is 26.2 Å². The maximum Gasteiger partial charge on any atom is 0.0597 e. The highest BCUT2D eigenvalue weighted by atomic mass is 16.3. The maximum atomic E-state index is 9.41. The molecule has 1 heterocycles. The summed E-state index contributed by atoms with van der Waals surface area (Å²) in [5.41, 5.74) is 0. The number of aliphatic hydroxyl groups is 1. The molecule has 0 aromatic carbocycles. The van der Waals surface area contributed by atoms with E-state index in [-0.39, 0.29) is 12.6 Å². The van der Waals surface area contributed by atoms with Crippen LogP contribution in [0.3, 0.4) is 0 Å². The van der Waals surface area contributed by atoms with Gasteiger partial charge in [0.1, 0.15) is 0 Å². The van der Waals surface area contributed by atoms with Gasteiger partial charge in [-0.15, -0.1) is 0 Å². The van der Waals surface area contributed by atoms with Crippen molar-refractivity contribution in [1.82, 2.24) is 15.1 Å². The third-order valence-electron chi connectivity index (χ3n) is 4.08. The first-order chi connectivity index (χ1) is 8.22. The van der Waals surface area contributed by atoms with Crippen molar-refractivity contribution in [3.63, 3.8) is 0 Å². The number of hydrogen-bond acceptors (Lipinski definition) is 4. The zero-order valence-electron chi connectivity index (χ0n) is 11.2. The Bertz CT molecular complexity index is 233. The molecule has 0 bridgehead atoms. The van der Waals surface area contributed by atoms with Crippen LogP contribution in [0.5, 0.6) is 0 Å². The number of aliphatic hydroxyl groups excluding tert-OH is 1. The molecule has 0 aromatic rings. The van der Waals surface area contributed by atoms with Crippen LogP contribution in [0.4, 0.5) is 0 Å². The summed E-state index contributed by atoms with van der Waals surface area (Å²) in [6, 6.07) is 1.63. The molecule has 2 atom stereocenters. The summed E-state index contributed by atoms with van der Waals surface area (Å²) in [7, 11) is 2.22. The van der Waals surface area contributed by atoms with Crippen molar-refractivity contribution >= 4 is 0 Å². The van der Waals surface area contributed by atoms with Gasteiger partial charge in [0.25, 0.3) is 0 Å². The van der Waals surface area contributed by atoms with Crippen molar-refractivity contribution in [1.29, 1.82) is 0 Å². The lowest BCUT2D eigenvalue weighted by Gasteiger charge is -2.40. The third-order valence-corrected chi connectivity index (χ3v) is 4.08. The first kappa shape index (κ1) is 13.3. The Morgan fingerprint density at radius 3 is 2.71 bits per heavy atom. The van der Waals surface area contributed by atoms with E-state index in [1.165, 1.54) is 19.3 Å². The molecule has 1 saturated carbocycles. The van der Waals surface area contributed by atoms with Crippen LogP contribution in [0, 0.1) is 0 Å². The Labute approximate surface area is 105 Å². The van der Waals surface area contributed by atoms with E-state index in [2.05, 4.69) is 29.1 Å². The Morgan fingerprint density at radius 1 is 1.35 bits per heavy atom. The fraction of sp³-hybridized carbons (Fsp3) is 1.00. The standard InChI is InChI=1S/C13H27N3O/c1-3-13-9-16(7-6-15(13)2)8-12(10-17)14-11-4-5-11/h11-14,17H,3-10H2,1-2H3. The predicted octanol–water partition coefficient (Wildman–Crippen LogP) is 0.125. The maximum absolute atomic E-state index is 9.41. The highest BCUT2D eigenvalue weighted by Gasteiger charge is 2.28. The summed E-state index contributed by atoms with van der Waals surface area (Å²) in [6.45, 7) is 6.96. The fourth-order valence-electron chi connectivity index (χ4n) is 2.68. The second kappa shape index (κ2) is 6.14. The molecule has 100 valence electrons. The second-order valence-electron chi connectivity index (χ2n) is 5.62. The molecular formula is C13H27N3O. The van der Waals surface area contributed by atoms with E-state index in [0.717, 1.165) is 26.2 Å². The minimum Gasteiger partial charge on any atom is -0.395 e. The van der Waals surface area contributed by atoms with Gasteiger partial charge in [0.2, 0.25) is 0 Å². The van der Waals surface area contributed by atoms with Gasteiger partial charge in [0.05, 0.1) is 6.61 Å². The van der Waals surface area contributed by atoms with Gasteiger partial charge in [-0.2, -0.15) is 0 Å². The van der Waals surface area contributed by atoms with Crippen LogP contribution in [0.2, 0.25) is 0 Å². The molecule has 2 unspecified atom stereocenters. The molecule has 2 aliphatic rings. The summed E-state index contributed by atoms with van der Waals surface area (Å²) in [5, 5.41) is 12.9. The summed E-state index contributed by atoms with van der Waals surface area (Å²) in [6.07, 6.45) is 3.79. The van der Waals surface area contributed by atoms with Gasteiger partial charge in [-0.25, -0.2) is 0 Å². The zero-order valence-corrected chi connectivity index (χ0v) is 11.2. The van der Waals surface area contributed by atoms with Crippen molar-refractivity contribution in [3.05, 3.63) is 0 Å². The lowest BCUT2D eigenvalue weighted by molar-refractivity contribution is 0.0777. The molecule has 2 fully saturated rings. The fourth-order valence-corrected chi connectivity index (χ4v) is 2.68. The number of rotatable bonds is 6. The molecule has 0 amide bonds. The van der Waals surface area contributed by atoms with Crippen molar-refractivity contribution in [2.24, 2.45) is 0 Å². The summed E-state index contributed by atoms with van der Waals surface area (Å²) in [5.74, 6) is 0. The molecule has 17 heavy (non-hydrogen) atoms. The van der Waals surface area contributed by atoms with Crippen LogP contribution < -0.4 is 5.32 Å². The van der Waals surface area contributed by atoms with Crippen molar-refractivity contribution in [2.45, 2.75) is 44.3 Å². The molecular weight excluding hydrogens is 214 g/mol. The second-order valence-corrected chi connectivity index (χ2v) is 5.62. The summed E-state index contributed by atoms with van der Waals surface area (Å²) >= 11 is 0. The zero-order chi connectivity index (χ0) is 12.3. The van der Waals surface area contributed by atoms with E-state index in [4.69, 9.17) is 0 Å². The minimum atomic E-state index is 0.264. The minimum absolute atomic E-state index is 0.264. The smallest absolute Gasteiger partial charge is 0.0597 e. The Morgan fingerprint density at radius 2 is 2.12 bits per heavy atom. The van der Waals surface area contributed by atoms with E-state index in [1.54, 1.807) is 0 Å². The molecule has 1 saturated heterocycles. The van der Waals surface area contributed by atoms with Gasteiger partial charge >= 0.3 is 0 Å². The van der Waals surface area contributed by atoms with Gasteiger partial charge < -0.3 is 15.3 Å². The lowest BCUT2D eigenvalue weighted by Crippen LogP contribution is -2.55. The molecule has 2 N–H and O–H groups in total. The molecule has 4 heteroatoms. The number of likely N-dealkylation sites (N-methyl/N-ethyl adjacent to an activating group) is 1. The topological polar surface area (TPSA) is 38.7 Å². The number of nitrogens with zero attached hydrogens (tertiary/aromatic N) is 2. The largest absolute Gasteiger partial charge is 0.395 e. The van der Waals surface area contributed by atoms with Crippen LogP contribution >= 0.6 is 0 Å². The molecule has 0 spiro atoms. The number of piperazine rings is 1. The monoisotopic (exact) mass is 241 g/mol. The first-order valence-corrected chi connectivity index (χ1v) is 7.02. The van der Waals surface area contributed by atoms with Crippen LogP contribution in [-0.2, 0) is 0 Å². The van der Waals surface area contributed by atoms with Crippen molar-refractivity contribution < 1.29 is 5.11 Å². The number of hydrogen-bond donors (Lipinski definition) is 2.